The fourth-order valence-electron chi connectivity index (χ4n) is 1.27. The van der Waals surface area contributed by atoms with Crippen LogP contribution < -0.4 is 10.1 Å². The van der Waals surface area contributed by atoms with Crippen molar-refractivity contribution < 1.29 is 4.74 Å². The van der Waals surface area contributed by atoms with Gasteiger partial charge in [-0.15, -0.1) is 0 Å². The van der Waals surface area contributed by atoms with Crippen molar-refractivity contribution in [3.8, 4) is 5.75 Å². The first-order chi connectivity index (χ1) is 7.79. The Morgan fingerprint density at radius 2 is 2.06 bits per heavy atom. The van der Waals surface area contributed by atoms with Gasteiger partial charge in [-0.25, -0.2) is 15.0 Å². The van der Waals surface area contributed by atoms with E-state index in [1.807, 2.05) is 6.92 Å². The van der Waals surface area contributed by atoms with Crippen LogP contribution in [-0.4, -0.2) is 27.0 Å². The van der Waals surface area contributed by atoms with E-state index in [9.17, 15) is 0 Å². The molecule has 0 aliphatic carbocycles. The summed E-state index contributed by atoms with van der Waals surface area (Å²) in [6.45, 7) is 1.98. The lowest BCUT2D eigenvalue weighted by atomic mass is 10.3. The quantitative estimate of drug-likeness (QED) is 0.812. The van der Waals surface area contributed by atoms with Crippen molar-refractivity contribution in [2.75, 3.05) is 12.4 Å². The summed E-state index contributed by atoms with van der Waals surface area (Å²) in [5, 5.41) is 3.12. The number of hydrogen-bond acceptors (Lipinski definition) is 5. The number of aromatic amines is 1. The highest BCUT2D eigenvalue weighted by atomic mass is 16.5. The number of rotatable bonds is 4. The van der Waals surface area contributed by atoms with Crippen LogP contribution in [0, 0.1) is 0 Å². The van der Waals surface area contributed by atoms with Crippen molar-refractivity contribution in [3.05, 3.63) is 30.6 Å². The van der Waals surface area contributed by atoms with Crippen LogP contribution >= 0.6 is 0 Å². The molecule has 0 saturated carbocycles. The Labute approximate surface area is 93.1 Å². The van der Waals surface area contributed by atoms with E-state index in [1.54, 1.807) is 31.9 Å². The van der Waals surface area contributed by atoms with Crippen molar-refractivity contribution in [2.24, 2.45) is 0 Å². The van der Waals surface area contributed by atoms with Gasteiger partial charge in [-0.3, -0.25) is 0 Å². The van der Waals surface area contributed by atoms with Crippen LogP contribution in [0.1, 0.15) is 18.8 Å². The summed E-state index contributed by atoms with van der Waals surface area (Å²) in [6.07, 6.45) is 6.72. The molecule has 2 aromatic rings. The maximum Gasteiger partial charge on any atom is 0.223 e. The molecule has 0 spiro atoms. The Hall–Kier alpha value is -2.11. The number of nitrogens with zero attached hydrogens (tertiary/aromatic N) is 3. The molecular weight excluding hydrogens is 206 g/mol. The van der Waals surface area contributed by atoms with E-state index < -0.39 is 0 Å². The van der Waals surface area contributed by atoms with Crippen LogP contribution in [-0.2, 0) is 0 Å². The predicted octanol–water partition coefficient (Wildman–Crippen LogP) is 1.38. The highest BCUT2D eigenvalue weighted by molar-refractivity contribution is 5.29. The Balaban J connectivity index is 2.03. The number of aromatic nitrogens is 4. The molecule has 0 aromatic carbocycles. The zero-order valence-corrected chi connectivity index (χ0v) is 9.14. The van der Waals surface area contributed by atoms with E-state index in [1.165, 1.54) is 0 Å². The van der Waals surface area contributed by atoms with Crippen molar-refractivity contribution in [1.29, 1.82) is 0 Å². The second kappa shape index (κ2) is 4.61. The molecule has 2 aromatic heterocycles. The second-order valence-electron chi connectivity index (χ2n) is 3.29. The zero-order chi connectivity index (χ0) is 11.4. The van der Waals surface area contributed by atoms with Gasteiger partial charge >= 0.3 is 0 Å². The minimum absolute atomic E-state index is 0.0309. The molecule has 84 valence electrons. The number of H-pyrrole nitrogens is 1. The van der Waals surface area contributed by atoms with E-state index in [2.05, 4.69) is 25.3 Å². The topological polar surface area (TPSA) is 75.7 Å². The molecule has 16 heavy (non-hydrogen) atoms. The molecule has 6 heteroatoms. The number of ether oxygens (including phenoxy) is 1. The van der Waals surface area contributed by atoms with E-state index in [0.717, 1.165) is 5.82 Å². The van der Waals surface area contributed by atoms with Gasteiger partial charge in [0.05, 0.1) is 25.5 Å². The fraction of sp³-hybridized carbons (Fsp3) is 0.300. The number of imidazole rings is 1. The molecule has 0 aliphatic heterocycles. The molecule has 0 amide bonds. The smallest absolute Gasteiger partial charge is 0.223 e. The van der Waals surface area contributed by atoms with Gasteiger partial charge in [-0.05, 0) is 6.92 Å². The molecule has 0 bridgehead atoms. The summed E-state index contributed by atoms with van der Waals surface area (Å²) < 4.78 is 4.98. The van der Waals surface area contributed by atoms with Crippen LogP contribution in [0.3, 0.4) is 0 Å². The molecule has 0 fully saturated rings. The van der Waals surface area contributed by atoms with Gasteiger partial charge in [0.1, 0.15) is 5.82 Å². The standard InChI is InChI=1S/C10H13N5O/c1-7(9-11-3-4-12-9)15-10-13-5-8(16-2)6-14-10/h3-7H,1-2H3,(H,11,12)(H,13,14,15). The summed E-state index contributed by atoms with van der Waals surface area (Å²) in [7, 11) is 1.58. The lowest BCUT2D eigenvalue weighted by Gasteiger charge is -2.10. The molecule has 2 rings (SSSR count). The van der Waals surface area contributed by atoms with Crippen LogP contribution in [0.25, 0.3) is 0 Å². The van der Waals surface area contributed by atoms with Gasteiger partial charge in [-0.1, -0.05) is 0 Å². The number of hydrogen-bond donors (Lipinski definition) is 2. The maximum absolute atomic E-state index is 4.98. The van der Waals surface area contributed by atoms with Crippen LogP contribution in [0.2, 0.25) is 0 Å². The number of anilines is 1. The molecule has 1 atom stereocenters. The first-order valence-electron chi connectivity index (χ1n) is 4.91. The normalized spacial score (nSPS) is 12.1. The Bertz CT molecular complexity index is 425. The van der Waals surface area contributed by atoms with Crippen LogP contribution in [0.15, 0.2) is 24.8 Å². The Morgan fingerprint density at radius 1 is 1.31 bits per heavy atom. The number of methoxy groups -OCH3 is 1. The average molecular weight is 219 g/mol. The third kappa shape index (κ3) is 2.28. The third-order valence-corrected chi connectivity index (χ3v) is 2.14. The first kappa shape index (κ1) is 10.4. The highest BCUT2D eigenvalue weighted by Gasteiger charge is 2.08. The fourth-order valence-corrected chi connectivity index (χ4v) is 1.27. The van der Waals surface area contributed by atoms with Gasteiger partial charge in [0.2, 0.25) is 5.95 Å². The first-order valence-corrected chi connectivity index (χ1v) is 4.91. The van der Waals surface area contributed by atoms with Gasteiger partial charge in [0.25, 0.3) is 0 Å². The summed E-state index contributed by atoms with van der Waals surface area (Å²) in [4.78, 5) is 15.4. The molecule has 0 saturated heterocycles. The summed E-state index contributed by atoms with van der Waals surface area (Å²) in [5.74, 6) is 2.03. The SMILES string of the molecule is COc1cnc(NC(C)c2ncc[nH]2)nc1. The minimum atomic E-state index is 0.0309. The summed E-state index contributed by atoms with van der Waals surface area (Å²) >= 11 is 0. The molecule has 6 nitrogen and oxygen atoms in total. The van der Waals surface area contributed by atoms with Crippen LogP contribution in [0.4, 0.5) is 5.95 Å². The third-order valence-electron chi connectivity index (χ3n) is 2.14. The van der Waals surface area contributed by atoms with E-state index >= 15 is 0 Å². The molecule has 0 aliphatic rings. The van der Waals surface area contributed by atoms with Crippen molar-refractivity contribution in [3.63, 3.8) is 0 Å². The maximum atomic E-state index is 4.98. The van der Waals surface area contributed by atoms with Gasteiger partial charge < -0.3 is 15.0 Å². The largest absolute Gasteiger partial charge is 0.494 e. The summed E-state index contributed by atoms with van der Waals surface area (Å²) in [6, 6.07) is 0.0309. The van der Waals surface area contributed by atoms with Crippen LogP contribution in [0.5, 0.6) is 5.75 Å². The predicted molar refractivity (Wildman–Crippen MR) is 59.2 cm³/mol. The lowest BCUT2D eigenvalue weighted by molar-refractivity contribution is 0.411. The van der Waals surface area contributed by atoms with E-state index in [-0.39, 0.29) is 6.04 Å². The Morgan fingerprint density at radius 3 is 2.62 bits per heavy atom. The monoisotopic (exact) mass is 219 g/mol. The highest BCUT2D eigenvalue weighted by Crippen LogP contribution is 2.13. The van der Waals surface area contributed by atoms with Crippen molar-refractivity contribution >= 4 is 5.95 Å². The van der Waals surface area contributed by atoms with Gasteiger partial charge in [0.15, 0.2) is 5.75 Å². The minimum Gasteiger partial charge on any atom is -0.494 e. The van der Waals surface area contributed by atoms with Gasteiger partial charge in [-0.2, -0.15) is 0 Å². The lowest BCUT2D eigenvalue weighted by Crippen LogP contribution is -2.10. The summed E-state index contributed by atoms with van der Waals surface area (Å²) in [5.41, 5.74) is 0. The average Bonchev–Trinajstić information content (AvgIpc) is 2.83. The molecular formula is C10H13N5O. The Kier molecular flexibility index (Phi) is 3.00. The number of nitrogens with one attached hydrogen (secondary N) is 2. The van der Waals surface area contributed by atoms with Crippen molar-refractivity contribution in [1.82, 2.24) is 19.9 Å². The molecule has 0 radical (unpaired) electrons. The second-order valence-corrected chi connectivity index (χ2v) is 3.29. The zero-order valence-electron chi connectivity index (χ0n) is 9.14. The molecule has 1 unspecified atom stereocenters. The van der Waals surface area contributed by atoms with E-state index in [0.29, 0.717) is 11.7 Å². The van der Waals surface area contributed by atoms with Crippen molar-refractivity contribution in [2.45, 2.75) is 13.0 Å². The molecule has 2 heterocycles. The van der Waals surface area contributed by atoms with E-state index in [4.69, 9.17) is 4.74 Å². The van der Waals surface area contributed by atoms with Gasteiger partial charge in [0, 0.05) is 12.4 Å². The molecule has 2 N–H and O–H groups in total.